The highest BCUT2D eigenvalue weighted by Gasteiger charge is 2.23. The molecule has 0 saturated heterocycles. The van der Waals surface area contributed by atoms with Crippen LogP contribution in [0, 0.1) is 10.1 Å². The smallest absolute Gasteiger partial charge is 0.294 e. The van der Waals surface area contributed by atoms with Gasteiger partial charge in [0.05, 0.1) is 10.6 Å². The molecule has 0 amide bonds. The molecule has 0 bridgehead atoms. The summed E-state index contributed by atoms with van der Waals surface area (Å²) in [4.78, 5) is 16.5. The van der Waals surface area contributed by atoms with Gasteiger partial charge in [-0.05, 0) is 25.0 Å². The average molecular weight is 444 g/mol. The highest BCUT2D eigenvalue weighted by atomic mass is 79.9. The average Bonchev–Trinajstić information content (AvgIpc) is 3.32. The molecular formula is C20H18BrN3O2S. The van der Waals surface area contributed by atoms with Crippen molar-refractivity contribution in [2.24, 2.45) is 4.99 Å². The van der Waals surface area contributed by atoms with Gasteiger partial charge in [-0.25, -0.2) is 4.99 Å². The van der Waals surface area contributed by atoms with Crippen LogP contribution in [0.5, 0.6) is 0 Å². The number of nitro groups is 1. The van der Waals surface area contributed by atoms with Gasteiger partial charge in [0.2, 0.25) is 0 Å². The fourth-order valence-electron chi connectivity index (χ4n) is 3.60. The highest BCUT2D eigenvalue weighted by molar-refractivity contribution is 9.10. The molecule has 0 aliphatic heterocycles. The monoisotopic (exact) mass is 443 g/mol. The van der Waals surface area contributed by atoms with Gasteiger partial charge >= 0.3 is 0 Å². The maximum Gasteiger partial charge on any atom is 0.294 e. The van der Waals surface area contributed by atoms with Crippen LogP contribution in [0.2, 0.25) is 0 Å². The first-order valence-electron chi connectivity index (χ1n) is 8.88. The number of benzene rings is 2. The third-order valence-electron chi connectivity index (χ3n) is 4.88. The molecule has 0 spiro atoms. The number of para-hydroxylation sites is 2. The first kappa shape index (κ1) is 18.1. The summed E-state index contributed by atoms with van der Waals surface area (Å²) in [7, 11) is 0. The molecule has 1 heterocycles. The van der Waals surface area contributed by atoms with Crippen LogP contribution in [-0.4, -0.2) is 9.49 Å². The topological polar surface area (TPSA) is 60.4 Å². The molecular weight excluding hydrogens is 426 g/mol. The van der Waals surface area contributed by atoms with Crippen molar-refractivity contribution in [3.63, 3.8) is 0 Å². The first-order chi connectivity index (χ1) is 13.1. The lowest BCUT2D eigenvalue weighted by atomic mass is 10.1. The molecule has 0 radical (unpaired) electrons. The molecule has 138 valence electrons. The zero-order valence-electron chi connectivity index (χ0n) is 14.5. The number of nitrogens with zero attached hydrogens (tertiary/aromatic N) is 3. The third-order valence-corrected chi connectivity index (χ3v) is 6.41. The molecule has 2 aromatic carbocycles. The Bertz CT molecular complexity index is 1050. The molecule has 7 heteroatoms. The summed E-state index contributed by atoms with van der Waals surface area (Å²) in [6, 6.07) is 15.2. The van der Waals surface area contributed by atoms with Crippen LogP contribution >= 0.6 is 27.3 Å². The van der Waals surface area contributed by atoms with Crippen LogP contribution in [0.15, 0.2) is 63.4 Å². The molecule has 0 unspecified atom stereocenters. The Kier molecular flexibility index (Phi) is 5.22. The Morgan fingerprint density at radius 2 is 1.81 bits per heavy atom. The van der Waals surface area contributed by atoms with Gasteiger partial charge in [-0.2, -0.15) is 0 Å². The first-order valence-corrected chi connectivity index (χ1v) is 10.6. The number of rotatable bonds is 4. The number of aromatic nitrogens is 1. The second-order valence-corrected chi connectivity index (χ2v) is 8.24. The molecule has 3 aromatic rings. The number of thiazole rings is 1. The zero-order valence-corrected chi connectivity index (χ0v) is 16.9. The van der Waals surface area contributed by atoms with Gasteiger partial charge in [0.15, 0.2) is 4.80 Å². The molecule has 1 aromatic heterocycles. The summed E-state index contributed by atoms with van der Waals surface area (Å²) in [6.45, 7) is 0. The van der Waals surface area contributed by atoms with Crippen molar-refractivity contribution >= 4 is 38.6 Å². The molecule has 27 heavy (non-hydrogen) atoms. The van der Waals surface area contributed by atoms with Crippen molar-refractivity contribution in [2.75, 3.05) is 0 Å². The number of hydrogen-bond donors (Lipinski definition) is 0. The Labute approximate surface area is 169 Å². The van der Waals surface area contributed by atoms with Crippen LogP contribution in [0.3, 0.4) is 0 Å². The Morgan fingerprint density at radius 3 is 2.56 bits per heavy atom. The predicted molar refractivity (Wildman–Crippen MR) is 111 cm³/mol. The van der Waals surface area contributed by atoms with E-state index in [9.17, 15) is 10.1 Å². The summed E-state index contributed by atoms with van der Waals surface area (Å²) >= 11 is 5.19. The normalized spacial score (nSPS) is 15.4. The van der Waals surface area contributed by atoms with E-state index in [4.69, 9.17) is 4.99 Å². The molecule has 4 rings (SSSR count). The van der Waals surface area contributed by atoms with E-state index >= 15 is 0 Å². The fourth-order valence-corrected chi connectivity index (χ4v) is 5.06. The van der Waals surface area contributed by atoms with Gasteiger partial charge in [0.1, 0.15) is 5.69 Å². The van der Waals surface area contributed by atoms with E-state index in [1.54, 1.807) is 18.2 Å². The molecule has 0 atom stereocenters. The second kappa shape index (κ2) is 7.78. The van der Waals surface area contributed by atoms with Gasteiger partial charge in [-0.1, -0.05) is 59.1 Å². The minimum Gasteiger partial charge on any atom is -0.313 e. The maximum absolute atomic E-state index is 11.4. The van der Waals surface area contributed by atoms with Gasteiger partial charge in [-0.15, -0.1) is 11.3 Å². The van der Waals surface area contributed by atoms with Gasteiger partial charge in [0.25, 0.3) is 5.69 Å². The summed E-state index contributed by atoms with van der Waals surface area (Å²) in [5.74, 6) is 0. The molecule has 1 aliphatic carbocycles. The maximum atomic E-state index is 11.4. The van der Waals surface area contributed by atoms with Gasteiger partial charge < -0.3 is 4.57 Å². The molecule has 0 N–H and O–H groups in total. The Balaban J connectivity index is 1.92. The summed E-state index contributed by atoms with van der Waals surface area (Å²) in [6.07, 6.45) is 4.62. The van der Waals surface area contributed by atoms with E-state index in [1.807, 2.05) is 18.2 Å². The van der Waals surface area contributed by atoms with E-state index in [0.29, 0.717) is 11.7 Å². The summed E-state index contributed by atoms with van der Waals surface area (Å²) < 4.78 is 3.31. The van der Waals surface area contributed by atoms with Crippen LogP contribution < -0.4 is 4.80 Å². The van der Waals surface area contributed by atoms with Gasteiger partial charge in [0, 0.05) is 27.5 Å². The van der Waals surface area contributed by atoms with E-state index in [2.05, 4.69) is 31.9 Å². The predicted octanol–water partition coefficient (Wildman–Crippen LogP) is 6.23. The Morgan fingerprint density at radius 1 is 1.11 bits per heavy atom. The number of nitro benzene ring substituents is 1. The molecule has 1 aliphatic rings. The Hall–Kier alpha value is -2.25. The van der Waals surface area contributed by atoms with Crippen molar-refractivity contribution in [3.05, 3.63) is 73.3 Å². The fraction of sp³-hybridized carbons (Fsp3) is 0.250. The number of halogens is 1. The second-order valence-electron chi connectivity index (χ2n) is 6.55. The molecule has 1 fully saturated rings. The van der Waals surface area contributed by atoms with Gasteiger partial charge in [-0.3, -0.25) is 10.1 Å². The van der Waals surface area contributed by atoms with E-state index in [1.165, 1.54) is 30.2 Å². The lowest BCUT2D eigenvalue weighted by molar-refractivity contribution is -0.384. The van der Waals surface area contributed by atoms with E-state index < -0.39 is 0 Å². The standard InChI is InChI=1S/C20H18BrN3O2S/c21-16-10-4-3-9-15(16)19-13-27-20(23(19)14-7-1-2-8-14)22-17-11-5-6-12-18(17)24(25)26/h3-6,9-14H,1-2,7-8H2. The van der Waals surface area contributed by atoms with Crippen LogP contribution in [0.25, 0.3) is 11.3 Å². The minimum atomic E-state index is -0.374. The highest BCUT2D eigenvalue weighted by Crippen LogP contribution is 2.36. The third kappa shape index (κ3) is 3.61. The van der Waals surface area contributed by atoms with Crippen LogP contribution in [0.4, 0.5) is 11.4 Å². The summed E-state index contributed by atoms with van der Waals surface area (Å²) in [5.41, 5.74) is 2.66. The lowest BCUT2D eigenvalue weighted by Crippen LogP contribution is -2.20. The van der Waals surface area contributed by atoms with Crippen molar-refractivity contribution in [1.82, 2.24) is 4.57 Å². The van der Waals surface area contributed by atoms with E-state index in [-0.39, 0.29) is 10.6 Å². The van der Waals surface area contributed by atoms with Crippen molar-refractivity contribution < 1.29 is 4.92 Å². The minimum absolute atomic E-state index is 0.0336. The van der Waals surface area contributed by atoms with Crippen molar-refractivity contribution in [3.8, 4) is 11.3 Å². The molecule has 1 saturated carbocycles. The lowest BCUT2D eigenvalue weighted by Gasteiger charge is -2.16. The van der Waals surface area contributed by atoms with Crippen molar-refractivity contribution in [2.45, 2.75) is 31.7 Å². The molecule has 5 nitrogen and oxygen atoms in total. The zero-order chi connectivity index (χ0) is 18.8. The van der Waals surface area contributed by atoms with E-state index in [0.717, 1.165) is 33.4 Å². The number of hydrogen-bond acceptors (Lipinski definition) is 4. The van der Waals surface area contributed by atoms with Crippen LogP contribution in [0.1, 0.15) is 31.7 Å². The SMILES string of the molecule is O=[N+]([O-])c1ccccc1N=c1scc(-c2ccccc2Br)n1C1CCCC1. The van der Waals surface area contributed by atoms with Crippen molar-refractivity contribution in [1.29, 1.82) is 0 Å². The quantitative estimate of drug-likeness (QED) is 0.354. The summed E-state index contributed by atoms with van der Waals surface area (Å²) in [5, 5.41) is 13.5. The van der Waals surface area contributed by atoms with Crippen LogP contribution in [-0.2, 0) is 0 Å². The largest absolute Gasteiger partial charge is 0.313 e.